The van der Waals surface area contributed by atoms with E-state index in [1.165, 1.54) is 25.7 Å². The van der Waals surface area contributed by atoms with Crippen LogP contribution < -0.4 is 0 Å². The fourth-order valence-corrected chi connectivity index (χ4v) is 2.83. The predicted octanol–water partition coefficient (Wildman–Crippen LogP) is 3.53. The minimum atomic E-state index is 0.337. The fraction of sp³-hybridized carbons (Fsp3) is 1.00. The number of nitrogens with zero attached hydrogens (tertiary/aromatic N) is 1. The second kappa shape index (κ2) is 8.34. The summed E-state index contributed by atoms with van der Waals surface area (Å²) in [6.45, 7) is 7.20. The molecule has 0 radical (unpaired) electrons. The summed E-state index contributed by atoms with van der Waals surface area (Å²) in [7, 11) is 2.18. The smallest absolute Gasteiger partial charge is 0.0593 e. The van der Waals surface area contributed by atoms with Crippen LogP contribution in [-0.2, 0) is 4.74 Å². The minimum Gasteiger partial charge on any atom is -0.380 e. The normalized spacial score (nSPS) is 25.8. The summed E-state index contributed by atoms with van der Waals surface area (Å²) in [5, 5.41) is 0.337. The molecule has 102 valence electrons. The SMILES string of the molecule is CC(C)CCOCCN(C)C1CCCCC1Cl. The number of hydrogen-bond acceptors (Lipinski definition) is 2. The molecule has 0 heterocycles. The van der Waals surface area contributed by atoms with Crippen molar-refractivity contribution in [2.45, 2.75) is 57.4 Å². The molecule has 0 bridgehead atoms. The van der Waals surface area contributed by atoms with Crippen LogP contribution in [0.15, 0.2) is 0 Å². The first-order valence-electron chi connectivity index (χ1n) is 7.03. The van der Waals surface area contributed by atoms with Crippen LogP contribution in [0.25, 0.3) is 0 Å². The Hall–Kier alpha value is 0.210. The Labute approximate surface area is 112 Å². The Morgan fingerprint density at radius 1 is 1.24 bits per heavy atom. The Bertz CT molecular complexity index is 199. The second-order valence-electron chi connectivity index (χ2n) is 5.64. The standard InChI is InChI=1S/C14H28ClNO/c1-12(2)8-10-17-11-9-16(3)14-7-5-4-6-13(14)15/h12-14H,4-11H2,1-3H3. The van der Waals surface area contributed by atoms with Gasteiger partial charge in [0.25, 0.3) is 0 Å². The molecule has 17 heavy (non-hydrogen) atoms. The summed E-state index contributed by atoms with van der Waals surface area (Å²) in [6.07, 6.45) is 6.20. The molecular weight excluding hydrogens is 234 g/mol. The largest absolute Gasteiger partial charge is 0.380 e. The van der Waals surface area contributed by atoms with Crippen LogP contribution >= 0.6 is 11.6 Å². The van der Waals surface area contributed by atoms with Gasteiger partial charge in [-0.25, -0.2) is 0 Å². The summed E-state index contributed by atoms with van der Waals surface area (Å²) in [6, 6.07) is 0.555. The molecule has 0 spiro atoms. The number of halogens is 1. The van der Waals surface area contributed by atoms with Gasteiger partial charge in [0, 0.05) is 24.6 Å². The molecule has 0 aromatic rings. The summed E-state index contributed by atoms with van der Waals surface area (Å²) < 4.78 is 5.66. The molecule has 0 aliphatic heterocycles. The van der Waals surface area contributed by atoms with Crippen molar-refractivity contribution < 1.29 is 4.74 Å². The third kappa shape index (κ3) is 6.08. The summed E-state index contributed by atoms with van der Waals surface area (Å²) in [5.41, 5.74) is 0. The highest BCUT2D eigenvalue weighted by Crippen LogP contribution is 2.26. The average molecular weight is 262 g/mol. The van der Waals surface area contributed by atoms with E-state index < -0.39 is 0 Å². The summed E-state index contributed by atoms with van der Waals surface area (Å²) in [5.74, 6) is 0.735. The summed E-state index contributed by atoms with van der Waals surface area (Å²) >= 11 is 6.38. The predicted molar refractivity (Wildman–Crippen MR) is 74.8 cm³/mol. The highest BCUT2D eigenvalue weighted by molar-refractivity contribution is 6.21. The molecule has 2 nitrogen and oxygen atoms in total. The molecule has 1 rings (SSSR count). The van der Waals surface area contributed by atoms with Gasteiger partial charge in [-0.3, -0.25) is 4.90 Å². The van der Waals surface area contributed by atoms with Gasteiger partial charge in [0.05, 0.1) is 6.61 Å². The van der Waals surface area contributed by atoms with Crippen molar-refractivity contribution in [2.24, 2.45) is 5.92 Å². The first kappa shape index (κ1) is 15.3. The molecular formula is C14H28ClNO. The van der Waals surface area contributed by atoms with Crippen LogP contribution in [0.1, 0.15) is 46.0 Å². The molecule has 2 unspecified atom stereocenters. The first-order valence-corrected chi connectivity index (χ1v) is 7.47. The zero-order chi connectivity index (χ0) is 12.7. The van der Waals surface area contributed by atoms with Gasteiger partial charge in [0.2, 0.25) is 0 Å². The topological polar surface area (TPSA) is 12.5 Å². The van der Waals surface area contributed by atoms with Gasteiger partial charge in [0.1, 0.15) is 0 Å². The maximum atomic E-state index is 6.38. The Morgan fingerprint density at radius 2 is 1.94 bits per heavy atom. The average Bonchev–Trinajstić information content (AvgIpc) is 2.28. The van der Waals surface area contributed by atoms with Gasteiger partial charge in [-0.1, -0.05) is 26.7 Å². The van der Waals surface area contributed by atoms with Crippen LogP contribution in [-0.4, -0.2) is 43.1 Å². The van der Waals surface area contributed by atoms with Crippen LogP contribution in [0.5, 0.6) is 0 Å². The molecule has 3 heteroatoms. The number of ether oxygens (including phenoxy) is 1. The summed E-state index contributed by atoms with van der Waals surface area (Å²) in [4.78, 5) is 2.38. The Balaban J connectivity index is 2.09. The van der Waals surface area contributed by atoms with E-state index in [-0.39, 0.29) is 0 Å². The van der Waals surface area contributed by atoms with Gasteiger partial charge in [-0.15, -0.1) is 11.6 Å². The van der Waals surface area contributed by atoms with Crippen molar-refractivity contribution in [2.75, 3.05) is 26.8 Å². The van der Waals surface area contributed by atoms with E-state index in [4.69, 9.17) is 16.3 Å². The van der Waals surface area contributed by atoms with Gasteiger partial charge in [0.15, 0.2) is 0 Å². The van der Waals surface area contributed by atoms with Crippen molar-refractivity contribution >= 4 is 11.6 Å². The molecule has 1 saturated carbocycles. The fourth-order valence-electron chi connectivity index (χ4n) is 2.36. The van der Waals surface area contributed by atoms with E-state index in [2.05, 4.69) is 25.8 Å². The molecule has 0 amide bonds. The molecule has 0 aromatic heterocycles. The number of likely N-dealkylation sites (N-methyl/N-ethyl adjacent to an activating group) is 1. The zero-order valence-electron chi connectivity index (χ0n) is 11.6. The third-order valence-corrected chi connectivity index (χ3v) is 4.15. The van der Waals surface area contributed by atoms with E-state index in [0.29, 0.717) is 11.4 Å². The van der Waals surface area contributed by atoms with Crippen molar-refractivity contribution in [1.82, 2.24) is 4.90 Å². The third-order valence-electron chi connectivity index (χ3n) is 3.64. The first-order chi connectivity index (χ1) is 8.11. The lowest BCUT2D eigenvalue weighted by Gasteiger charge is -2.34. The molecule has 0 aromatic carbocycles. The van der Waals surface area contributed by atoms with Crippen LogP contribution in [0.3, 0.4) is 0 Å². The second-order valence-corrected chi connectivity index (χ2v) is 6.20. The zero-order valence-corrected chi connectivity index (χ0v) is 12.4. The van der Waals surface area contributed by atoms with Crippen LogP contribution in [0, 0.1) is 5.92 Å². The van der Waals surface area contributed by atoms with Gasteiger partial charge < -0.3 is 4.74 Å². The van der Waals surface area contributed by atoms with Crippen molar-refractivity contribution in [3.05, 3.63) is 0 Å². The van der Waals surface area contributed by atoms with E-state index in [0.717, 1.165) is 32.1 Å². The molecule has 0 saturated heterocycles. The molecule has 1 fully saturated rings. The lowest BCUT2D eigenvalue weighted by molar-refractivity contribution is 0.0848. The molecule has 2 atom stereocenters. The maximum absolute atomic E-state index is 6.38. The van der Waals surface area contributed by atoms with Gasteiger partial charge in [-0.05, 0) is 32.2 Å². The lowest BCUT2D eigenvalue weighted by atomic mass is 9.94. The number of hydrogen-bond donors (Lipinski definition) is 0. The maximum Gasteiger partial charge on any atom is 0.0593 e. The lowest BCUT2D eigenvalue weighted by Crippen LogP contribution is -2.42. The number of alkyl halides is 1. The molecule has 1 aliphatic rings. The minimum absolute atomic E-state index is 0.337. The van der Waals surface area contributed by atoms with Crippen LogP contribution in [0.2, 0.25) is 0 Å². The highest BCUT2D eigenvalue weighted by atomic mass is 35.5. The van der Waals surface area contributed by atoms with E-state index in [1.54, 1.807) is 0 Å². The van der Waals surface area contributed by atoms with Crippen molar-refractivity contribution in [1.29, 1.82) is 0 Å². The number of rotatable bonds is 7. The quantitative estimate of drug-likeness (QED) is 0.514. The van der Waals surface area contributed by atoms with E-state index in [1.807, 2.05) is 0 Å². The highest BCUT2D eigenvalue weighted by Gasteiger charge is 2.26. The van der Waals surface area contributed by atoms with Gasteiger partial charge >= 0.3 is 0 Å². The Kier molecular flexibility index (Phi) is 7.49. The molecule has 1 aliphatic carbocycles. The van der Waals surface area contributed by atoms with E-state index >= 15 is 0 Å². The van der Waals surface area contributed by atoms with Crippen LogP contribution in [0.4, 0.5) is 0 Å². The van der Waals surface area contributed by atoms with Gasteiger partial charge in [-0.2, -0.15) is 0 Å². The van der Waals surface area contributed by atoms with Crippen molar-refractivity contribution in [3.8, 4) is 0 Å². The molecule has 0 N–H and O–H groups in total. The monoisotopic (exact) mass is 261 g/mol. The van der Waals surface area contributed by atoms with Crippen molar-refractivity contribution in [3.63, 3.8) is 0 Å². The Morgan fingerprint density at radius 3 is 2.59 bits per heavy atom. The van der Waals surface area contributed by atoms with E-state index in [9.17, 15) is 0 Å².